The fourth-order valence-corrected chi connectivity index (χ4v) is 2.37. The lowest BCUT2D eigenvalue weighted by atomic mass is 10.0. The van der Waals surface area contributed by atoms with E-state index in [1.165, 1.54) is 5.56 Å². The minimum atomic E-state index is -0.314. The molecule has 1 aliphatic rings. The Balaban J connectivity index is 1.97. The summed E-state index contributed by atoms with van der Waals surface area (Å²) in [5.74, 6) is 0. The molecule has 1 saturated heterocycles. The van der Waals surface area contributed by atoms with Crippen molar-refractivity contribution in [2.75, 3.05) is 20.1 Å². The highest BCUT2D eigenvalue weighted by Crippen LogP contribution is 2.22. The maximum Gasteiger partial charge on any atom is 0.407 e. The molecule has 1 amide bonds. The van der Waals surface area contributed by atoms with Gasteiger partial charge in [-0.1, -0.05) is 6.92 Å². The Kier molecular flexibility index (Phi) is 4.15. The molecule has 98 valence electrons. The molecule has 1 aromatic heterocycles. The van der Waals surface area contributed by atoms with Gasteiger partial charge in [-0.2, -0.15) is 0 Å². The number of amides is 1. The molecule has 2 atom stereocenters. The first kappa shape index (κ1) is 12.8. The van der Waals surface area contributed by atoms with Crippen LogP contribution in [0.25, 0.3) is 0 Å². The number of hydrogen-bond acceptors (Lipinski definition) is 4. The Morgan fingerprint density at radius 3 is 2.83 bits per heavy atom. The van der Waals surface area contributed by atoms with Gasteiger partial charge < -0.3 is 10.1 Å². The van der Waals surface area contributed by atoms with Crippen molar-refractivity contribution < 1.29 is 9.53 Å². The van der Waals surface area contributed by atoms with Crippen LogP contribution >= 0.6 is 0 Å². The lowest BCUT2D eigenvalue weighted by Crippen LogP contribution is -2.34. The number of likely N-dealkylation sites (N-methyl/N-ethyl adjacent to an activating group) is 1. The van der Waals surface area contributed by atoms with Crippen LogP contribution in [-0.2, 0) is 4.74 Å². The van der Waals surface area contributed by atoms with E-state index in [9.17, 15) is 4.79 Å². The van der Waals surface area contributed by atoms with E-state index in [0.717, 1.165) is 13.0 Å². The van der Waals surface area contributed by atoms with E-state index in [0.29, 0.717) is 12.6 Å². The zero-order valence-electron chi connectivity index (χ0n) is 10.8. The summed E-state index contributed by atoms with van der Waals surface area (Å²) < 4.78 is 5.16. The lowest BCUT2D eigenvalue weighted by molar-refractivity contribution is 0.101. The number of nitrogens with one attached hydrogen (secondary N) is 1. The number of rotatable bonds is 5. The van der Waals surface area contributed by atoms with E-state index < -0.39 is 0 Å². The van der Waals surface area contributed by atoms with Crippen LogP contribution in [0.4, 0.5) is 4.79 Å². The van der Waals surface area contributed by atoms with Gasteiger partial charge in [0.2, 0.25) is 0 Å². The van der Waals surface area contributed by atoms with Gasteiger partial charge in [0.1, 0.15) is 6.10 Å². The van der Waals surface area contributed by atoms with Crippen molar-refractivity contribution in [3.05, 3.63) is 30.1 Å². The van der Waals surface area contributed by atoms with Gasteiger partial charge in [0.15, 0.2) is 0 Å². The number of carbonyl (C=O) groups is 1. The summed E-state index contributed by atoms with van der Waals surface area (Å²) in [5, 5.41) is 2.67. The summed E-state index contributed by atoms with van der Waals surface area (Å²) in [7, 11) is 2.06. The Morgan fingerprint density at radius 1 is 1.56 bits per heavy atom. The molecule has 2 rings (SSSR count). The smallest absolute Gasteiger partial charge is 0.407 e. The summed E-state index contributed by atoms with van der Waals surface area (Å²) >= 11 is 0. The number of hydrogen-bond donors (Lipinski definition) is 1. The number of pyridine rings is 1. The van der Waals surface area contributed by atoms with Gasteiger partial charge in [-0.3, -0.25) is 9.88 Å². The second-order valence-corrected chi connectivity index (χ2v) is 4.55. The van der Waals surface area contributed by atoms with Gasteiger partial charge >= 0.3 is 6.09 Å². The normalized spacial score (nSPS) is 20.6. The molecule has 1 aromatic rings. The quantitative estimate of drug-likeness (QED) is 0.860. The Labute approximate surface area is 107 Å². The molecule has 0 spiro atoms. The number of carbonyl (C=O) groups excluding carboxylic acids is 1. The van der Waals surface area contributed by atoms with E-state index in [4.69, 9.17) is 4.74 Å². The van der Waals surface area contributed by atoms with E-state index in [-0.39, 0.29) is 12.2 Å². The molecule has 1 N–H and O–H groups in total. The van der Waals surface area contributed by atoms with E-state index in [2.05, 4.69) is 29.2 Å². The molecular formula is C13H19N3O2. The molecule has 0 aromatic carbocycles. The van der Waals surface area contributed by atoms with Crippen LogP contribution in [0.2, 0.25) is 0 Å². The predicted molar refractivity (Wildman–Crippen MR) is 68.2 cm³/mol. The Hall–Kier alpha value is -1.62. The standard InChI is InChI=1S/C13H19N3O2/c1-3-12(10-4-6-14-7-5-10)16(2)9-11-8-15-13(17)18-11/h4-7,11-12H,3,8-9H2,1-2H3,(H,15,17)/t11-,12-/m0/s1. The average Bonchev–Trinajstić information content (AvgIpc) is 2.77. The molecule has 0 radical (unpaired) electrons. The average molecular weight is 249 g/mol. The summed E-state index contributed by atoms with van der Waals surface area (Å²) in [6, 6.07) is 4.39. The SMILES string of the molecule is CC[C@@H](c1ccncc1)N(C)C[C@@H]1CNC(=O)O1. The third kappa shape index (κ3) is 2.98. The van der Waals surface area contributed by atoms with Gasteiger partial charge in [0.05, 0.1) is 6.54 Å². The minimum Gasteiger partial charge on any atom is -0.443 e. The van der Waals surface area contributed by atoms with Crippen LogP contribution in [0, 0.1) is 0 Å². The van der Waals surface area contributed by atoms with Crippen LogP contribution in [-0.4, -0.2) is 42.2 Å². The molecular weight excluding hydrogens is 230 g/mol. The van der Waals surface area contributed by atoms with Gasteiger partial charge in [-0.15, -0.1) is 0 Å². The third-order valence-electron chi connectivity index (χ3n) is 3.25. The largest absolute Gasteiger partial charge is 0.443 e. The zero-order valence-corrected chi connectivity index (χ0v) is 10.8. The van der Waals surface area contributed by atoms with E-state index in [1.807, 2.05) is 24.5 Å². The first-order chi connectivity index (χ1) is 8.70. The summed E-state index contributed by atoms with van der Waals surface area (Å²) in [4.78, 5) is 17.2. The van der Waals surface area contributed by atoms with Crippen molar-refractivity contribution in [3.63, 3.8) is 0 Å². The van der Waals surface area contributed by atoms with E-state index in [1.54, 1.807) is 0 Å². The van der Waals surface area contributed by atoms with Crippen LogP contribution in [0.1, 0.15) is 24.9 Å². The van der Waals surface area contributed by atoms with Crippen molar-refractivity contribution >= 4 is 6.09 Å². The second-order valence-electron chi connectivity index (χ2n) is 4.55. The fraction of sp³-hybridized carbons (Fsp3) is 0.538. The molecule has 5 nitrogen and oxygen atoms in total. The Morgan fingerprint density at radius 2 is 2.28 bits per heavy atom. The Bertz CT molecular complexity index is 396. The predicted octanol–water partition coefficient (Wildman–Crippen LogP) is 1.57. The molecule has 1 aliphatic heterocycles. The molecule has 18 heavy (non-hydrogen) atoms. The van der Waals surface area contributed by atoms with Crippen molar-refractivity contribution in [1.29, 1.82) is 0 Å². The topological polar surface area (TPSA) is 54.5 Å². The number of alkyl carbamates (subject to hydrolysis) is 1. The fourth-order valence-electron chi connectivity index (χ4n) is 2.37. The highest BCUT2D eigenvalue weighted by Gasteiger charge is 2.26. The second kappa shape index (κ2) is 5.82. The van der Waals surface area contributed by atoms with Crippen LogP contribution < -0.4 is 5.32 Å². The van der Waals surface area contributed by atoms with Crippen molar-refractivity contribution in [2.45, 2.75) is 25.5 Å². The number of ether oxygens (including phenoxy) is 1. The van der Waals surface area contributed by atoms with Gasteiger partial charge in [0, 0.05) is 25.0 Å². The monoisotopic (exact) mass is 249 g/mol. The van der Waals surface area contributed by atoms with Crippen molar-refractivity contribution in [1.82, 2.24) is 15.2 Å². The zero-order chi connectivity index (χ0) is 13.0. The van der Waals surface area contributed by atoms with Crippen molar-refractivity contribution in [3.8, 4) is 0 Å². The number of nitrogens with zero attached hydrogens (tertiary/aromatic N) is 2. The van der Waals surface area contributed by atoms with Gasteiger partial charge in [0.25, 0.3) is 0 Å². The molecule has 1 fully saturated rings. The first-order valence-corrected chi connectivity index (χ1v) is 6.25. The third-order valence-corrected chi connectivity index (χ3v) is 3.25. The minimum absolute atomic E-state index is 0.0570. The number of aromatic nitrogens is 1. The molecule has 0 unspecified atom stereocenters. The summed E-state index contributed by atoms with van der Waals surface area (Å²) in [5.41, 5.74) is 1.24. The number of cyclic esters (lactones) is 1. The van der Waals surface area contributed by atoms with E-state index >= 15 is 0 Å². The van der Waals surface area contributed by atoms with Crippen molar-refractivity contribution in [2.24, 2.45) is 0 Å². The maximum atomic E-state index is 11.0. The van der Waals surface area contributed by atoms with Gasteiger partial charge in [-0.05, 0) is 31.2 Å². The summed E-state index contributed by atoms with van der Waals surface area (Å²) in [6.45, 7) is 3.48. The summed E-state index contributed by atoms with van der Waals surface area (Å²) in [6.07, 6.45) is 4.25. The first-order valence-electron chi connectivity index (χ1n) is 6.25. The maximum absolute atomic E-state index is 11.0. The van der Waals surface area contributed by atoms with Crippen LogP contribution in [0.3, 0.4) is 0 Å². The van der Waals surface area contributed by atoms with Crippen LogP contribution in [0.5, 0.6) is 0 Å². The highest BCUT2D eigenvalue weighted by atomic mass is 16.6. The molecule has 5 heteroatoms. The molecule has 2 heterocycles. The lowest BCUT2D eigenvalue weighted by Gasteiger charge is -2.28. The van der Waals surface area contributed by atoms with Gasteiger partial charge in [-0.25, -0.2) is 4.79 Å². The molecule has 0 bridgehead atoms. The molecule has 0 aliphatic carbocycles. The highest BCUT2D eigenvalue weighted by molar-refractivity contribution is 5.69. The van der Waals surface area contributed by atoms with Crippen LogP contribution in [0.15, 0.2) is 24.5 Å². The molecule has 0 saturated carbocycles.